The van der Waals surface area contributed by atoms with E-state index in [0.717, 1.165) is 11.8 Å². The first-order valence-corrected chi connectivity index (χ1v) is 5.35. The fraction of sp³-hybridized carbons (Fsp3) is 0.833. The molecule has 0 aromatic carbocycles. The summed E-state index contributed by atoms with van der Waals surface area (Å²) in [7, 11) is 0. The van der Waals surface area contributed by atoms with Crippen molar-refractivity contribution in [1.29, 1.82) is 0 Å². The van der Waals surface area contributed by atoms with Crippen LogP contribution in [0.3, 0.4) is 0 Å². The average molecular weight is 168 g/mol. The molecule has 0 heterocycles. The van der Waals surface area contributed by atoms with Crippen molar-refractivity contribution in [2.45, 2.75) is 53.4 Å². The van der Waals surface area contributed by atoms with Crippen molar-refractivity contribution in [2.24, 2.45) is 11.8 Å². The van der Waals surface area contributed by atoms with Crippen molar-refractivity contribution < 1.29 is 0 Å². The molecule has 2 unspecified atom stereocenters. The maximum atomic E-state index is 2.36. The number of hydrogen-bond donors (Lipinski definition) is 0. The van der Waals surface area contributed by atoms with Crippen molar-refractivity contribution in [3.05, 3.63) is 12.2 Å². The Morgan fingerprint density at radius 1 is 1.17 bits per heavy atom. The summed E-state index contributed by atoms with van der Waals surface area (Å²) >= 11 is 0. The summed E-state index contributed by atoms with van der Waals surface area (Å²) in [5, 5.41) is 0. The largest absolute Gasteiger partial charge is 0.0914 e. The van der Waals surface area contributed by atoms with Crippen LogP contribution in [0.2, 0.25) is 0 Å². The van der Waals surface area contributed by atoms with E-state index in [2.05, 4.69) is 39.8 Å². The molecule has 0 aromatic heterocycles. The highest BCUT2D eigenvalue weighted by molar-refractivity contribution is 4.85. The smallest absolute Gasteiger partial charge is 0.0236 e. The van der Waals surface area contributed by atoms with Gasteiger partial charge in [-0.25, -0.2) is 0 Å². The third-order valence-electron chi connectivity index (χ3n) is 2.66. The third kappa shape index (κ3) is 5.40. The summed E-state index contributed by atoms with van der Waals surface area (Å²) < 4.78 is 0. The molecule has 0 aliphatic carbocycles. The first-order chi connectivity index (χ1) is 5.72. The summed E-state index contributed by atoms with van der Waals surface area (Å²) in [6.07, 6.45) is 10.0. The van der Waals surface area contributed by atoms with E-state index in [1.54, 1.807) is 0 Å². The Morgan fingerprint density at radius 3 is 2.33 bits per heavy atom. The molecule has 0 aromatic rings. The molecule has 0 rings (SSSR count). The Kier molecular flexibility index (Phi) is 7.23. The molecule has 12 heavy (non-hydrogen) atoms. The average Bonchev–Trinajstić information content (AvgIpc) is 2.05. The molecule has 72 valence electrons. The zero-order valence-electron chi connectivity index (χ0n) is 9.14. The molecule has 0 N–H and O–H groups in total. The molecule has 0 saturated heterocycles. The highest BCUT2D eigenvalue weighted by atomic mass is 14.1. The van der Waals surface area contributed by atoms with E-state index in [1.807, 2.05) is 0 Å². The highest BCUT2D eigenvalue weighted by Crippen LogP contribution is 2.19. The number of hydrogen-bond acceptors (Lipinski definition) is 0. The summed E-state index contributed by atoms with van der Waals surface area (Å²) in [5.74, 6) is 1.61. The van der Waals surface area contributed by atoms with Crippen molar-refractivity contribution in [2.75, 3.05) is 0 Å². The van der Waals surface area contributed by atoms with Gasteiger partial charge in [0.2, 0.25) is 0 Å². The molecule has 2 atom stereocenters. The van der Waals surface area contributed by atoms with Gasteiger partial charge in [-0.15, -0.1) is 0 Å². The van der Waals surface area contributed by atoms with Crippen LogP contribution >= 0.6 is 0 Å². The topological polar surface area (TPSA) is 0 Å². The van der Waals surface area contributed by atoms with Crippen LogP contribution in [0.25, 0.3) is 0 Å². The van der Waals surface area contributed by atoms with Gasteiger partial charge in [0.15, 0.2) is 0 Å². The molecule has 0 amide bonds. The Labute approximate surface area is 78.1 Å². The zero-order chi connectivity index (χ0) is 9.40. The monoisotopic (exact) mass is 168 g/mol. The summed E-state index contributed by atoms with van der Waals surface area (Å²) in [5.41, 5.74) is 0. The quantitative estimate of drug-likeness (QED) is 0.407. The van der Waals surface area contributed by atoms with Crippen molar-refractivity contribution in [3.8, 4) is 0 Å². The third-order valence-corrected chi connectivity index (χ3v) is 2.66. The molecule has 0 aliphatic heterocycles. The standard InChI is InChI=1S/C12H24/c1-5-7-8-10-12(4)11(3)9-6-2/h6,9,11-12H,5,7-8,10H2,1-4H3. The molecular formula is C12H24. The molecule has 0 aliphatic rings. The Bertz CT molecular complexity index is 113. The molecule has 0 fully saturated rings. The van der Waals surface area contributed by atoms with Crippen LogP contribution in [0.15, 0.2) is 12.2 Å². The first kappa shape index (κ1) is 11.7. The fourth-order valence-electron chi connectivity index (χ4n) is 1.47. The van der Waals surface area contributed by atoms with Gasteiger partial charge in [0, 0.05) is 0 Å². The van der Waals surface area contributed by atoms with Gasteiger partial charge >= 0.3 is 0 Å². The maximum absolute atomic E-state index is 2.36. The van der Waals surface area contributed by atoms with Crippen LogP contribution in [0.5, 0.6) is 0 Å². The van der Waals surface area contributed by atoms with Crippen LogP contribution in [-0.4, -0.2) is 0 Å². The SMILES string of the molecule is CC=CC(C)C(C)CCCCC. The molecule has 0 spiro atoms. The van der Waals surface area contributed by atoms with Crippen LogP contribution in [0, 0.1) is 11.8 Å². The minimum atomic E-state index is 0.756. The van der Waals surface area contributed by atoms with Crippen LogP contribution in [-0.2, 0) is 0 Å². The second-order valence-corrected chi connectivity index (χ2v) is 3.86. The van der Waals surface area contributed by atoms with Gasteiger partial charge in [0.1, 0.15) is 0 Å². The minimum absolute atomic E-state index is 0.756. The lowest BCUT2D eigenvalue weighted by Gasteiger charge is -2.15. The first-order valence-electron chi connectivity index (χ1n) is 5.35. The van der Waals surface area contributed by atoms with E-state index >= 15 is 0 Å². The van der Waals surface area contributed by atoms with Gasteiger partial charge in [0.05, 0.1) is 0 Å². The Hall–Kier alpha value is -0.260. The maximum Gasteiger partial charge on any atom is -0.0236 e. The Morgan fingerprint density at radius 2 is 1.83 bits per heavy atom. The summed E-state index contributed by atoms with van der Waals surface area (Å²) in [6, 6.07) is 0. The molecular weight excluding hydrogens is 144 g/mol. The second-order valence-electron chi connectivity index (χ2n) is 3.86. The predicted octanol–water partition coefficient (Wildman–Crippen LogP) is 4.42. The van der Waals surface area contributed by atoms with Crippen LogP contribution in [0.4, 0.5) is 0 Å². The van der Waals surface area contributed by atoms with Crippen LogP contribution in [0.1, 0.15) is 53.4 Å². The van der Waals surface area contributed by atoms with Gasteiger partial charge in [-0.1, -0.05) is 58.6 Å². The summed E-state index contributed by atoms with van der Waals surface area (Å²) in [6.45, 7) is 9.05. The molecule has 0 radical (unpaired) electrons. The minimum Gasteiger partial charge on any atom is -0.0914 e. The lowest BCUT2D eigenvalue weighted by molar-refractivity contribution is 0.408. The van der Waals surface area contributed by atoms with Crippen molar-refractivity contribution in [3.63, 3.8) is 0 Å². The fourth-order valence-corrected chi connectivity index (χ4v) is 1.47. The molecule has 0 bridgehead atoms. The zero-order valence-corrected chi connectivity index (χ0v) is 9.14. The number of allylic oxidation sites excluding steroid dienone is 2. The summed E-state index contributed by atoms with van der Waals surface area (Å²) in [4.78, 5) is 0. The number of rotatable bonds is 6. The number of unbranched alkanes of at least 4 members (excludes halogenated alkanes) is 2. The van der Waals surface area contributed by atoms with Gasteiger partial charge in [0.25, 0.3) is 0 Å². The van der Waals surface area contributed by atoms with E-state index < -0.39 is 0 Å². The lowest BCUT2D eigenvalue weighted by atomic mass is 9.90. The van der Waals surface area contributed by atoms with E-state index in [1.165, 1.54) is 25.7 Å². The molecule has 0 nitrogen and oxygen atoms in total. The van der Waals surface area contributed by atoms with Gasteiger partial charge in [-0.2, -0.15) is 0 Å². The van der Waals surface area contributed by atoms with E-state index in [4.69, 9.17) is 0 Å². The van der Waals surface area contributed by atoms with E-state index in [-0.39, 0.29) is 0 Å². The Balaban J connectivity index is 3.49. The normalized spacial score (nSPS) is 16.7. The van der Waals surface area contributed by atoms with Crippen molar-refractivity contribution >= 4 is 0 Å². The van der Waals surface area contributed by atoms with E-state index in [9.17, 15) is 0 Å². The van der Waals surface area contributed by atoms with E-state index in [0.29, 0.717) is 0 Å². The lowest BCUT2D eigenvalue weighted by Crippen LogP contribution is -2.04. The molecule has 0 saturated carbocycles. The van der Waals surface area contributed by atoms with Crippen LogP contribution < -0.4 is 0 Å². The second kappa shape index (κ2) is 7.39. The van der Waals surface area contributed by atoms with Gasteiger partial charge in [-0.3, -0.25) is 0 Å². The van der Waals surface area contributed by atoms with Gasteiger partial charge in [-0.05, 0) is 18.8 Å². The van der Waals surface area contributed by atoms with Crippen molar-refractivity contribution in [1.82, 2.24) is 0 Å². The predicted molar refractivity (Wildman–Crippen MR) is 57.3 cm³/mol. The molecule has 0 heteroatoms. The highest BCUT2D eigenvalue weighted by Gasteiger charge is 2.07. The van der Waals surface area contributed by atoms with Gasteiger partial charge < -0.3 is 0 Å².